The van der Waals surface area contributed by atoms with Crippen LogP contribution in [0.25, 0.3) is 11.3 Å². The van der Waals surface area contributed by atoms with E-state index in [-0.39, 0.29) is 5.91 Å². The number of benzene rings is 2. The Morgan fingerprint density at radius 1 is 1.23 bits per heavy atom. The van der Waals surface area contributed by atoms with Crippen LogP contribution in [-0.4, -0.2) is 23.1 Å². The van der Waals surface area contributed by atoms with Crippen molar-refractivity contribution in [1.82, 2.24) is 4.98 Å². The number of thiazole rings is 1. The first-order valence-corrected chi connectivity index (χ1v) is 8.99. The SMILES string of the molecule is COc1cccc(C(C)(O)c2nc(-c3cccc(NC(C)=O)c3)cs2)c1. The van der Waals surface area contributed by atoms with Gasteiger partial charge >= 0.3 is 0 Å². The zero-order valence-corrected chi connectivity index (χ0v) is 15.6. The Morgan fingerprint density at radius 2 is 2.00 bits per heavy atom. The molecule has 0 aliphatic heterocycles. The van der Waals surface area contributed by atoms with Gasteiger partial charge in [0, 0.05) is 23.6 Å². The first-order chi connectivity index (χ1) is 12.4. The number of nitrogens with zero attached hydrogens (tertiary/aromatic N) is 1. The van der Waals surface area contributed by atoms with E-state index in [1.54, 1.807) is 20.1 Å². The summed E-state index contributed by atoms with van der Waals surface area (Å²) >= 11 is 1.39. The number of nitrogens with one attached hydrogen (secondary N) is 1. The van der Waals surface area contributed by atoms with Crippen LogP contribution in [0, 0.1) is 0 Å². The molecule has 1 amide bonds. The summed E-state index contributed by atoms with van der Waals surface area (Å²) in [6.07, 6.45) is 0. The fourth-order valence-electron chi connectivity index (χ4n) is 2.64. The van der Waals surface area contributed by atoms with E-state index in [2.05, 4.69) is 10.3 Å². The van der Waals surface area contributed by atoms with E-state index >= 15 is 0 Å². The van der Waals surface area contributed by atoms with Gasteiger partial charge in [0.15, 0.2) is 0 Å². The number of ether oxygens (including phenoxy) is 1. The van der Waals surface area contributed by atoms with Gasteiger partial charge in [-0.3, -0.25) is 4.79 Å². The molecule has 134 valence electrons. The van der Waals surface area contributed by atoms with E-state index in [1.165, 1.54) is 18.3 Å². The molecule has 0 radical (unpaired) electrons. The topological polar surface area (TPSA) is 71.5 Å². The van der Waals surface area contributed by atoms with Crippen molar-refractivity contribution < 1.29 is 14.6 Å². The normalized spacial score (nSPS) is 13.1. The summed E-state index contributed by atoms with van der Waals surface area (Å²) in [5, 5.41) is 16.3. The summed E-state index contributed by atoms with van der Waals surface area (Å²) in [5.74, 6) is 0.560. The van der Waals surface area contributed by atoms with Gasteiger partial charge in [-0.1, -0.05) is 24.3 Å². The summed E-state index contributed by atoms with van der Waals surface area (Å²) in [5.41, 5.74) is 1.82. The molecule has 6 heteroatoms. The number of amides is 1. The molecular weight excluding hydrogens is 348 g/mol. The van der Waals surface area contributed by atoms with Crippen molar-refractivity contribution in [2.24, 2.45) is 0 Å². The van der Waals surface area contributed by atoms with Gasteiger partial charge in [-0.15, -0.1) is 11.3 Å². The Balaban J connectivity index is 1.92. The Kier molecular flexibility index (Phi) is 5.06. The van der Waals surface area contributed by atoms with E-state index < -0.39 is 5.60 Å². The van der Waals surface area contributed by atoms with Gasteiger partial charge in [0.1, 0.15) is 16.4 Å². The maximum atomic E-state index is 11.2. The van der Waals surface area contributed by atoms with Crippen molar-refractivity contribution in [3.05, 3.63) is 64.5 Å². The van der Waals surface area contributed by atoms with E-state index in [0.29, 0.717) is 22.0 Å². The lowest BCUT2D eigenvalue weighted by Crippen LogP contribution is -2.22. The van der Waals surface area contributed by atoms with Gasteiger partial charge in [-0.05, 0) is 36.8 Å². The predicted octanol–water partition coefficient (Wildman–Crippen LogP) is 4.03. The third-order valence-electron chi connectivity index (χ3n) is 4.03. The van der Waals surface area contributed by atoms with Crippen LogP contribution in [0.15, 0.2) is 53.9 Å². The Labute approximate surface area is 156 Å². The number of methoxy groups -OCH3 is 1. The zero-order valence-electron chi connectivity index (χ0n) is 14.8. The number of aliphatic hydroxyl groups is 1. The van der Waals surface area contributed by atoms with Crippen molar-refractivity contribution in [2.75, 3.05) is 12.4 Å². The highest BCUT2D eigenvalue weighted by Crippen LogP contribution is 2.35. The second-order valence-corrected chi connectivity index (χ2v) is 6.96. The molecule has 3 aromatic rings. The third kappa shape index (κ3) is 3.76. The number of rotatable bonds is 5. The highest BCUT2D eigenvalue weighted by Gasteiger charge is 2.29. The molecule has 0 bridgehead atoms. The minimum atomic E-state index is -1.23. The lowest BCUT2D eigenvalue weighted by Gasteiger charge is -2.21. The molecule has 3 rings (SSSR count). The maximum Gasteiger partial charge on any atom is 0.221 e. The van der Waals surface area contributed by atoms with E-state index in [4.69, 9.17) is 4.74 Å². The monoisotopic (exact) mass is 368 g/mol. The molecule has 0 fully saturated rings. The van der Waals surface area contributed by atoms with Gasteiger partial charge < -0.3 is 15.2 Å². The predicted molar refractivity (Wildman–Crippen MR) is 104 cm³/mol. The van der Waals surface area contributed by atoms with Crippen molar-refractivity contribution in [2.45, 2.75) is 19.4 Å². The first kappa shape index (κ1) is 18.1. The average molecular weight is 368 g/mol. The van der Waals surface area contributed by atoms with E-state index in [0.717, 1.165) is 11.3 Å². The molecule has 2 aromatic carbocycles. The molecule has 1 aromatic heterocycles. The van der Waals surface area contributed by atoms with Gasteiger partial charge in [0.05, 0.1) is 12.8 Å². The molecule has 2 N–H and O–H groups in total. The number of carbonyl (C=O) groups excluding carboxylic acids is 1. The average Bonchev–Trinajstić information content (AvgIpc) is 3.12. The highest BCUT2D eigenvalue weighted by molar-refractivity contribution is 7.10. The summed E-state index contributed by atoms with van der Waals surface area (Å²) in [7, 11) is 1.59. The van der Waals surface area contributed by atoms with Crippen LogP contribution in [0.5, 0.6) is 5.75 Å². The summed E-state index contributed by atoms with van der Waals surface area (Å²) in [4.78, 5) is 15.9. The second kappa shape index (κ2) is 7.27. The number of aromatic nitrogens is 1. The Morgan fingerprint density at radius 3 is 2.73 bits per heavy atom. The van der Waals surface area contributed by atoms with Gasteiger partial charge in [0.2, 0.25) is 5.91 Å². The lowest BCUT2D eigenvalue weighted by atomic mass is 9.96. The number of hydrogen-bond acceptors (Lipinski definition) is 5. The van der Waals surface area contributed by atoms with Gasteiger partial charge in [-0.25, -0.2) is 4.98 Å². The Bertz CT molecular complexity index is 934. The molecule has 5 nitrogen and oxygen atoms in total. The standard InChI is InChI=1S/C20H20N2O3S/c1-13(23)21-16-8-4-6-14(10-16)18-12-26-19(22-18)20(2,24)15-7-5-9-17(11-15)25-3/h4-12,24H,1-3H3,(H,21,23). The molecular formula is C20H20N2O3S. The van der Waals surface area contributed by atoms with E-state index in [1.807, 2.05) is 47.8 Å². The van der Waals surface area contributed by atoms with Gasteiger partial charge in [-0.2, -0.15) is 0 Å². The van der Waals surface area contributed by atoms with Crippen molar-refractivity contribution >= 4 is 22.9 Å². The van der Waals surface area contributed by atoms with E-state index in [9.17, 15) is 9.90 Å². The fraction of sp³-hybridized carbons (Fsp3) is 0.200. The minimum absolute atomic E-state index is 0.123. The first-order valence-electron chi connectivity index (χ1n) is 8.11. The summed E-state index contributed by atoms with van der Waals surface area (Å²) in [6, 6.07) is 14.8. The molecule has 0 saturated heterocycles. The third-order valence-corrected chi connectivity index (χ3v) is 5.08. The van der Waals surface area contributed by atoms with Crippen LogP contribution in [0.4, 0.5) is 5.69 Å². The largest absolute Gasteiger partial charge is 0.497 e. The second-order valence-electron chi connectivity index (χ2n) is 6.10. The molecule has 0 aliphatic rings. The number of hydrogen-bond donors (Lipinski definition) is 2. The van der Waals surface area contributed by atoms with Crippen LogP contribution < -0.4 is 10.1 Å². The minimum Gasteiger partial charge on any atom is -0.497 e. The lowest BCUT2D eigenvalue weighted by molar-refractivity contribution is -0.114. The Hall–Kier alpha value is -2.70. The fourth-order valence-corrected chi connectivity index (χ4v) is 3.55. The molecule has 26 heavy (non-hydrogen) atoms. The highest BCUT2D eigenvalue weighted by atomic mass is 32.1. The van der Waals surface area contributed by atoms with Crippen molar-refractivity contribution in [3.8, 4) is 17.0 Å². The zero-order chi connectivity index (χ0) is 18.7. The quantitative estimate of drug-likeness (QED) is 0.713. The van der Waals surface area contributed by atoms with Crippen molar-refractivity contribution in [1.29, 1.82) is 0 Å². The van der Waals surface area contributed by atoms with Crippen LogP contribution >= 0.6 is 11.3 Å². The van der Waals surface area contributed by atoms with Crippen LogP contribution in [0.1, 0.15) is 24.4 Å². The smallest absolute Gasteiger partial charge is 0.221 e. The number of anilines is 1. The molecule has 0 saturated carbocycles. The number of carbonyl (C=O) groups is 1. The summed E-state index contributed by atoms with van der Waals surface area (Å²) < 4.78 is 5.24. The molecule has 1 unspecified atom stereocenters. The maximum absolute atomic E-state index is 11.2. The molecule has 0 spiro atoms. The summed E-state index contributed by atoms with van der Waals surface area (Å²) in [6.45, 7) is 3.19. The van der Waals surface area contributed by atoms with Crippen LogP contribution in [0.2, 0.25) is 0 Å². The van der Waals surface area contributed by atoms with Crippen LogP contribution in [-0.2, 0) is 10.4 Å². The molecule has 1 atom stereocenters. The molecule has 0 aliphatic carbocycles. The van der Waals surface area contributed by atoms with Crippen LogP contribution in [0.3, 0.4) is 0 Å². The van der Waals surface area contributed by atoms with Gasteiger partial charge in [0.25, 0.3) is 0 Å². The molecule has 1 heterocycles. The van der Waals surface area contributed by atoms with Crippen molar-refractivity contribution in [3.63, 3.8) is 0 Å².